The van der Waals surface area contributed by atoms with E-state index in [0.29, 0.717) is 18.0 Å². The lowest BCUT2D eigenvalue weighted by Crippen LogP contribution is -2.39. The third-order valence-electron chi connectivity index (χ3n) is 5.09. The van der Waals surface area contributed by atoms with Gasteiger partial charge < -0.3 is 19.7 Å². The summed E-state index contributed by atoms with van der Waals surface area (Å²) < 4.78 is 10.4. The van der Waals surface area contributed by atoms with Gasteiger partial charge in [-0.25, -0.2) is 0 Å². The molecule has 1 N–H and O–H groups in total. The number of carbonyl (C=O) groups is 1. The Morgan fingerprint density at radius 2 is 1.52 bits per heavy atom. The molecular formula is C22H28N2O3. The molecule has 1 heterocycles. The minimum Gasteiger partial charge on any atom is -0.497 e. The summed E-state index contributed by atoms with van der Waals surface area (Å²) in [5, 5.41) is 3.39. The van der Waals surface area contributed by atoms with Crippen LogP contribution in [0.1, 0.15) is 28.8 Å². The number of nitrogens with zero attached hydrogens (tertiary/aromatic N) is 1. The lowest BCUT2D eigenvalue weighted by Gasteiger charge is -2.30. The van der Waals surface area contributed by atoms with E-state index in [1.54, 1.807) is 14.2 Å². The summed E-state index contributed by atoms with van der Waals surface area (Å²) >= 11 is 0. The molecule has 1 fully saturated rings. The van der Waals surface area contributed by atoms with Crippen molar-refractivity contribution in [2.24, 2.45) is 5.92 Å². The fraction of sp³-hybridized carbons (Fsp3) is 0.409. The van der Waals surface area contributed by atoms with Crippen LogP contribution in [0.15, 0.2) is 48.5 Å². The van der Waals surface area contributed by atoms with Crippen LogP contribution in [-0.2, 0) is 6.54 Å². The van der Waals surface area contributed by atoms with Gasteiger partial charge >= 0.3 is 0 Å². The van der Waals surface area contributed by atoms with Crippen LogP contribution in [-0.4, -0.2) is 44.7 Å². The predicted molar refractivity (Wildman–Crippen MR) is 106 cm³/mol. The Balaban J connectivity index is 1.77. The second-order valence-corrected chi connectivity index (χ2v) is 6.96. The Labute approximate surface area is 161 Å². The van der Waals surface area contributed by atoms with E-state index in [9.17, 15) is 4.79 Å². The van der Waals surface area contributed by atoms with Gasteiger partial charge in [0.1, 0.15) is 11.5 Å². The minimum atomic E-state index is 0.0620. The molecule has 1 amide bonds. The number of benzene rings is 2. The van der Waals surface area contributed by atoms with E-state index in [-0.39, 0.29) is 5.91 Å². The molecule has 5 nitrogen and oxygen atoms in total. The van der Waals surface area contributed by atoms with Gasteiger partial charge in [0.2, 0.25) is 0 Å². The van der Waals surface area contributed by atoms with Crippen LogP contribution in [0.25, 0.3) is 0 Å². The minimum absolute atomic E-state index is 0.0620. The molecule has 0 radical (unpaired) electrons. The van der Waals surface area contributed by atoms with Crippen molar-refractivity contribution in [3.63, 3.8) is 0 Å². The number of methoxy groups -OCH3 is 2. The molecule has 1 aliphatic heterocycles. The predicted octanol–water partition coefficient (Wildman–Crippen LogP) is 3.35. The molecule has 2 aromatic rings. The van der Waals surface area contributed by atoms with Crippen molar-refractivity contribution in [1.82, 2.24) is 10.2 Å². The topological polar surface area (TPSA) is 50.8 Å². The Hall–Kier alpha value is -2.53. The second-order valence-electron chi connectivity index (χ2n) is 6.96. The third-order valence-corrected chi connectivity index (χ3v) is 5.09. The summed E-state index contributed by atoms with van der Waals surface area (Å²) in [5.41, 5.74) is 1.80. The first-order valence-corrected chi connectivity index (χ1v) is 9.46. The molecule has 2 aromatic carbocycles. The molecule has 0 saturated carbocycles. The van der Waals surface area contributed by atoms with Gasteiger partial charge in [0.05, 0.1) is 14.2 Å². The molecule has 0 aromatic heterocycles. The van der Waals surface area contributed by atoms with Crippen LogP contribution in [0.4, 0.5) is 0 Å². The number of amides is 1. The smallest absolute Gasteiger partial charge is 0.254 e. The number of hydrogen-bond acceptors (Lipinski definition) is 4. The maximum atomic E-state index is 13.2. The lowest BCUT2D eigenvalue weighted by atomic mass is 9.97. The molecular weight excluding hydrogens is 340 g/mol. The summed E-state index contributed by atoms with van der Waals surface area (Å²) in [4.78, 5) is 15.2. The highest BCUT2D eigenvalue weighted by Crippen LogP contribution is 2.20. The van der Waals surface area contributed by atoms with E-state index in [1.165, 1.54) is 0 Å². The number of carbonyl (C=O) groups excluding carboxylic acids is 1. The molecule has 27 heavy (non-hydrogen) atoms. The SMILES string of the molecule is COc1ccc(CN(CC2CCNCC2)C(=O)c2ccc(OC)cc2)cc1. The summed E-state index contributed by atoms with van der Waals surface area (Å²) in [6.07, 6.45) is 2.21. The van der Waals surface area contributed by atoms with Gasteiger partial charge in [0, 0.05) is 18.7 Å². The van der Waals surface area contributed by atoms with Gasteiger partial charge in [0.25, 0.3) is 5.91 Å². The number of hydrogen-bond donors (Lipinski definition) is 1. The van der Waals surface area contributed by atoms with E-state index < -0.39 is 0 Å². The molecule has 5 heteroatoms. The van der Waals surface area contributed by atoms with Crippen molar-refractivity contribution in [1.29, 1.82) is 0 Å². The van der Waals surface area contributed by atoms with Crippen LogP contribution in [0.3, 0.4) is 0 Å². The molecule has 3 rings (SSSR count). The maximum Gasteiger partial charge on any atom is 0.254 e. The first kappa shape index (κ1) is 19.2. The third kappa shape index (κ3) is 5.23. The van der Waals surface area contributed by atoms with Crippen molar-refractivity contribution in [3.8, 4) is 11.5 Å². The van der Waals surface area contributed by atoms with Gasteiger partial charge in [-0.2, -0.15) is 0 Å². The van der Waals surface area contributed by atoms with Crippen molar-refractivity contribution in [2.75, 3.05) is 33.9 Å². The largest absolute Gasteiger partial charge is 0.497 e. The molecule has 1 saturated heterocycles. The van der Waals surface area contributed by atoms with Crippen LogP contribution < -0.4 is 14.8 Å². The van der Waals surface area contributed by atoms with Crippen molar-refractivity contribution in [3.05, 3.63) is 59.7 Å². The first-order valence-electron chi connectivity index (χ1n) is 9.46. The van der Waals surface area contributed by atoms with Crippen molar-refractivity contribution >= 4 is 5.91 Å². The highest BCUT2D eigenvalue weighted by atomic mass is 16.5. The summed E-state index contributed by atoms with van der Waals surface area (Å²) in [6, 6.07) is 15.3. The monoisotopic (exact) mass is 368 g/mol. The van der Waals surface area contributed by atoms with E-state index in [0.717, 1.165) is 49.5 Å². The first-order chi connectivity index (χ1) is 13.2. The van der Waals surface area contributed by atoms with Crippen molar-refractivity contribution in [2.45, 2.75) is 19.4 Å². The number of ether oxygens (including phenoxy) is 2. The standard InChI is InChI=1S/C22H28N2O3/c1-26-20-7-3-17(4-8-20)15-24(16-18-11-13-23-14-12-18)22(25)19-5-9-21(27-2)10-6-19/h3-10,18,23H,11-16H2,1-2H3. The lowest BCUT2D eigenvalue weighted by molar-refractivity contribution is 0.0702. The number of rotatable bonds is 7. The Morgan fingerprint density at radius 3 is 2.07 bits per heavy atom. The van der Waals surface area contributed by atoms with Crippen LogP contribution in [0, 0.1) is 5.92 Å². The Morgan fingerprint density at radius 1 is 0.963 bits per heavy atom. The highest BCUT2D eigenvalue weighted by Gasteiger charge is 2.22. The zero-order valence-corrected chi connectivity index (χ0v) is 16.1. The van der Waals surface area contributed by atoms with Gasteiger partial charge in [0.15, 0.2) is 0 Å². The zero-order valence-electron chi connectivity index (χ0n) is 16.1. The number of piperidine rings is 1. The highest BCUT2D eigenvalue weighted by molar-refractivity contribution is 5.94. The second kappa shape index (κ2) is 9.42. The molecule has 0 bridgehead atoms. The van der Waals surface area contributed by atoms with Gasteiger partial charge in [-0.05, 0) is 73.8 Å². The zero-order chi connectivity index (χ0) is 19.1. The van der Waals surface area contributed by atoms with Crippen molar-refractivity contribution < 1.29 is 14.3 Å². The summed E-state index contributed by atoms with van der Waals surface area (Å²) in [7, 11) is 3.29. The van der Waals surface area contributed by atoms with Gasteiger partial charge in [-0.1, -0.05) is 12.1 Å². The molecule has 0 spiro atoms. The molecule has 0 atom stereocenters. The van der Waals surface area contributed by atoms with E-state index in [4.69, 9.17) is 9.47 Å². The fourth-order valence-electron chi connectivity index (χ4n) is 3.46. The molecule has 0 aliphatic carbocycles. The summed E-state index contributed by atoms with van der Waals surface area (Å²) in [6.45, 7) is 3.42. The normalized spacial score (nSPS) is 14.6. The summed E-state index contributed by atoms with van der Waals surface area (Å²) in [5.74, 6) is 2.18. The average Bonchev–Trinajstić information content (AvgIpc) is 2.74. The van der Waals surface area contributed by atoms with Crippen LogP contribution in [0.5, 0.6) is 11.5 Å². The quantitative estimate of drug-likeness (QED) is 0.814. The number of nitrogens with one attached hydrogen (secondary N) is 1. The maximum absolute atomic E-state index is 13.2. The fourth-order valence-corrected chi connectivity index (χ4v) is 3.46. The van der Waals surface area contributed by atoms with Crippen LogP contribution >= 0.6 is 0 Å². The van der Waals surface area contributed by atoms with Gasteiger partial charge in [-0.15, -0.1) is 0 Å². The van der Waals surface area contributed by atoms with E-state index in [1.807, 2.05) is 53.4 Å². The average molecular weight is 368 g/mol. The van der Waals surface area contributed by atoms with Crippen LogP contribution in [0.2, 0.25) is 0 Å². The van der Waals surface area contributed by atoms with E-state index >= 15 is 0 Å². The molecule has 1 aliphatic rings. The van der Waals surface area contributed by atoms with E-state index in [2.05, 4.69) is 5.32 Å². The Kier molecular flexibility index (Phi) is 6.71. The molecule has 0 unspecified atom stereocenters. The Bertz CT molecular complexity index is 722. The molecule has 144 valence electrons. The van der Waals surface area contributed by atoms with Gasteiger partial charge in [-0.3, -0.25) is 4.79 Å².